The second kappa shape index (κ2) is 21.3. The van der Waals surface area contributed by atoms with Gasteiger partial charge in [0.25, 0.3) is 0 Å². The molecule has 0 saturated carbocycles. The van der Waals surface area contributed by atoms with Crippen LogP contribution in [0, 0.1) is 0 Å². The van der Waals surface area contributed by atoms with E-state index in [1.807, 2.05) is 0 Å². The molecule has 0 atom stereocenters. The molecular formula is C40H40Cl2P2Pd+2. The molecule has 0 heterocycles. The summed E-state index contributed by atoms with van der Waals surface area (Å²) in [6, 6.07) is 65.5. The Balaban J connectivity index is 0.000000189. The van der Waals surface area contributed by atoms with Gasteiger partial charge in [-0.25, -0.2) is 0 Å². The molecule has 5 heteroatoms. The maximum absolute atomic E-state index is 4.81. The molecule has 0 bridgehead atoms. The van der Waals surface area contributed by atoms with Crippen molar-refractivity contribution >= 4 is 45.5 Å². The van der Waals surface area contributed by atoms with Gasteiger partial charge >= 0.3 is 35.0 Å². The smallest absolute Gasteiger partial charge is 0.0622 e. The van der Waals surface area contributed by atoms with Gasteiger partial charge in [-0.05, 0) is 46.5 Å². The molecule has 0 radical (unpaired) electrons. The third-order valence-corrected chi connectivity index (χ3v) is 13.0. The van der Waals surface area contributed by atoms with Gasteiger partial charge in [-0.2, -0.15) is 0 Å². The molecule has 0 aliphatic rings. The summed E-state index contributed by atoms with van der Waals surface area (Å²) in [5.74, 6) is 0. The van der Waals surface area contributed by atoms with Crippen LogP contribution in [0.1, 0.15) is 22.3 Å². The van der Waals surface area contributed by atoms with Crippen molar-refractivity contribution in [1.29, 1.82) is 0 Å². The number of hydrogen-bond acceptors (Lipinski definition) is 0. The molecule has 232 valence electrons. The van der Waals surface area contributed by atoms with Crippen molar-refractivity contribution in [2.75, 3.05) is 0 Å². The number of hydrogen-bond donors (Lipinski definition) is 0. The first-order valence-electron chi connectivity index (χ1n) is 15.0. The van der Waals surface area contributed by atoms with E-state index < -0.39 is 15.8 Å². The SMILES string of the molecule is [Cl][Pd][Cl].c1ccc(C[PH+](Cc2ccccc2)c2ccccc2)cc1.c1ccc(C[PH+](Cc2ccccc2)c2ccccc2)cc1. The van der Waals surface area contributed by atoms with Gasteiger partial charge in [0, 0.05) is 15.8 Å². The number of benzene rings is 6. The van der Waals surface area contributed by atoms with E-state index in [4.69, 9.17) is 19.1 Å². The van der Waals surface area contributed by atoms with E-state index in [9.17, 15) is 0 Å². The molecule has 6 aromatic carbocycles. The largest absolute Gasteiger partial charge is 0.0921 e. The second-order valence-electron chi connectivity index (χ2n) is 10.6. The quantitative estimate of drug-likeness (QED) is 0.0964. The minimum Gasteiger partial charge on any atom is -0.0622 e. The van der Waals surface area contributed by atoms with E-state index in [2.05, 4.69) is 182 Å². The Morgan fingerprint density at radius 3 is 0.689 bits per heavy atom. The zero-order valence-corrected chi connectivity index (χ0v) is 30.3. The van der Waals surface area contributed by atoms with Crippen LogP contribution >= 0.6 is 34.9 Å². The average Bonchev–Trinajstić information content (AvgIpc) is 3.11. The van der Waals surface area contributed by atoms with E-state index in [1.165, 1.54) is 57.5 Å². The van der Waals surface area contributed by atoms with Crippen LogP contribution in [-0.2, 0) is 40.6 Å². The van der Waals surface area contributed by atoms with E-state index in [0.29, 0.717) is 0 Å². The first-order valence-corrected chi connectivity index (χ1v) is 22.9. The van der Waals surface area contributed by atoms with Crippen LogP contribution in [0.3, 0.4) is 0 Å². The van der Waals surface area contributed by atoms with Gasteiger partial charge in [-0.3, -0.25) is 0 Å². The van der Waals surface area contributed by atoms with E-state index >= 15 is 0 Å². The van der Waals surface area contributed by atoms with Gasteiger partial charge in [0.2, 0.25) is 0 Å². The molecule has 0 amide bonds. The van der Waals surface area contributed by atoms with Crippen molar-refractivity contribution in [3.63, 3.8) is 0 Å². The van der Waals surface area contributed by atoms with Crippen LogP contribution in [0.15, 0.2) is 182 Å². The summed E-state index contributed by atoms with van der Waals surface area (Å²) in [6.07, 6.45) is 4.74. The maximum Gasteiger partial charge on any atom is 0.0921 e. The third-order valence-electron chi connectivity index (χ3n) is 7.41. The van der Waals surface area contributed by atoms with Crippen molar-refractivity contribution in [2.24, 2.45) is 0 Å². The number of rotatable bonds is 10. The van der Waals surface area contributed by atoms with Crippen LogP contribution in [0.2, 0.25) is 0 Å². The zero-order valence-electron chi connectivity index (χ0n) is 25.2. The van der Waals surface area contributed by atoms with Crippen LogP contribution in [0.25, 0.3) is 0 Å². The zero-order chi connectivity index (χ0) is 31.4. The molecule has 0 aliphatic carbocycles. The molecule has 0 nitrogen and oxygen atoms in total. The molecule has 0 aromatic heterocycles. The van der Waals surface area contributed by atoms with E-state index in [0.717, 1.165) is 0 Å². The van der Waals surface area contributed by atoms with Crippen molar-refractivity contribution in [2.45, 2.75) is 24.6 Å². The van der Waals surface area contributed by atoms with Crippen LogP contribution in [-0.4, -0.2) is 0 Å². The first-order chi connectivity index (χ1) is 22.2. The van der Waals surface area contributed by atoms with Gasteiger partial charge < -0.3 is 0 Å². The predicted octanol–water partition coefficient (Wildman–Crippen LogP) is 11.2. The minimum absolute atomic E-state index is 0.106. The summed E-state index contributed by atoms with van der Waals surface area (Å²) in [5.41, 5.74) is 5.80. The first kappa shape index (κ1) is 35.3. The Hall–Kier alpha value is -2.58. The average molecular weight is 760 g/mol. The summed E-state index contributed by atoms with van der Waals surface area (Å²) >= 11 is -0.106. The molecule has 45 heavy (non-hydrogen) atoms. The Morgan fingerprint density at radius 2 is 0.489 bits per heavy atom. The van der Waals surface area contributed by atoms with Gasteiger partial charge in [0.05, 0.1) is 35.3 Å². The fourth-order valence-corrected chi connectivity index (χ4v) is 10.6. The van der Waals surface area contributed by atoms with Gasteiger partial charge in [0.15, 0.2) is 0 Å². The van der Waals surface area contributed by atoms with Crippen LogP contribution < -0.4 is 10.6 Å². The normalized spacial score (nSPS) is 10.5. The molecule has 0 unspecified atom stereocenters. The van der Waals surface area contributed by atoms with Crippen molar-refractivity contribution < 1.29 is 15.9 Å². The maximum atomic E-state index is 4.81. The van der Waals surface area contributed by atoms with E-state index in [1.54, 1.807) is 0 Å². The van der Waals surface area contributed by atoms with Crippen molar-refractivity contribution in [3.05, 3.63) is 204 Å². The summed E-state index contributed by atoms with van der Waals surface area (Å²) in [6.45, 7) is 0. The van der Waals surface area contributed by atoms with Crippen molar-refractivity contribution in [1.82, 2.24) is 0 Å². The Morgan fingerprint density at radius 1 is 0.311 bits per heavy atom. The molecule has 0 spiro atoms. The molecule has 0 N–H and O–H groups in total. The topological polar surface area (TPSA) is 0 Å². The van der Waals surface area contributed by atoms with E-state index in [-0.39, 0.29) is 15.9 Å². The molecule has 0 fully saturated rings. The summed E-state index contributed by atoms with van der Waals surface area (Å²) < 4.78 is 0. The van der Waals surface area contributed by atoms with Gasteiger partial charge in [-0.1, -0.05) is 158 Å². The molecule has 0 aliphatic heterocycles. The van der Waals surface area contributed by atoms with Crippen molar-refractivity contribution in [3.8, 4) is 0 Å². The minimum atomic E-state index is -0.627. The van der Waals surface area contributed by atoms with Crippen LogP contribution in [0.5, 0.6) is 0 Å². The Kier molecular flexibility index (Phi) is 16.7. The number of halogens is 2. The molecule has 6 aromatic rings. The third kappa shape index (κ3) is 13.4. The molecule has 6 rings (SSSR count). The Labute approximate surface area is 288 Å². The second-order valence-corrected chi connectivity index (χ2v) is 18.0. The molecule has 0 saturated heterocycles. The summed E-state index contributed by atoms with van der Waals surface area (Å²) in [7, 11) is 8.37. The van der Waals surface area contributed by atoms with Gasteiger partial charge in [-0.15, -0.1) is 0 Å². The summed E-state index contributed by atoms with van der Waals surface area (Å²) in [4.78, 5) is 0. The summed E-state index contributed by atoms with van der Waals surface area (Å²) in [5, 5.41) is 3.05. The van der Waals surface area contributed by atoms with Gasteiger partial charge in [0.1, 0.15) is 0 Å². The van der Waals surface area contributed by atoms with Crippen LogP contribution in [0.4, 0.5) is 0 Å². The predicted molar refractivity (Wildman–Crippen MR) is 201 cm³/mol. The standard InChI is InChI=1S/2C20H19P.2ClH.Pd/c2*1-4-10-18(11-5-1)16-21(20-14-8-3-9-15-20)17-19-12-6-2-7-13-19;;;/h2*1-15H,16-17H2;2*1H;/q;;;;+2. The Bertz CT molecular complexity index is 1370. The monoisotopic (exact) mass is 758 g/mol. The fourth-order valence-electron chi connectivity index (χ4n) is 5.25. The fraction of sp³-hybridized carbons (Fsp3) is 0.100. The molecular weight excluding hydrogens is 720 g/mol.